The van der Waals surface area contributed by atoms with Gasteiger partial charge in [-0.3, -0.25) is 4.79 Å². The lowest BCUT2D eigenvalue weighted by molar-refractivity contribution is -0.122. The SMILES string of the molecule is CC(NC(=O)CCC1CCC[N]C1)C1CCCO1. The van der Waals surface area contributed by atoms with Crippen molar-refractivity contribution < 1.29 is 9.53 Å². The third kappa shape index (κ3) is 4.25. The van der Waals surface area contributed by atoms with E-state index in [2.05, 4.69) is 10.6 Å². The molecular formula is C14H25N2O2. The fourth-order valence-corrected chi connectivity index (χ4v) is 2.84. The monoisotopic (exact) mass is 253 g/mol. The van der Waals surface area contributed by atoms with E-state index < -0.39 is 0 Å². The summed E-state index contributed by atoms with van der Waals surface area (Å²) < 4.78 is 5.58. The van der Waals surface area contributed by atoms with Gasteiger partial charge in [0, 0.05) is 26.1 Å². The van der Waals surface area contributed by atoms with E-state index in [0.29, 0.717) is 12.3 Å². The van der Waals surface area contributed by atoms with Crippen LogP contribution in [0.3, 0.4) is 0 Å². The average Bonchev–Trinajstić information content (AvgIpc) is 2.91. The van der Waals surface area contributed by atoms with Crippen LogP contribution in [0, 0.1) is 5.92 Å². The average molecular weight is 253 g/mol. The molecule has 2 rings (SSSR count). The second-order valence-corrected chi connectivity index (χ2v) is 5.58. The Morgan fingerprint density at radius 3 is 3.00 bits per heavy atom. The zero-order valence-corrected chi connectivity index (χ0v) is 11.4. The molecule has 3 atom stereocenters. The first kappa shape index (κ1) is 13.8. The Hall–Kier alpha value is -0.610. The van der Waals surface area contributed by atoms with E-state index in [4.69, 9.17) is 4.74 Å². The molecule has 1 radical (unpaired) electrons. The van der Waals surface area contributed by atoms with Gasteiger partial charge in [-0.15, -0.1) is 0 Å². The highest BCUT2D eigenvalue weighted by molar-refractivity contribution is 5.76. The summed E-state index contributed by atoms with van der Waals surface area (Å²) in [7, 11) is 0. The molecule has 1 amide bonds. The second kappa shape index (κ2) is 7.10. The van der Waals surface area contributed by atoms with Gasteiger partial charge in [0.2, 0.25) is 5.91 Å². The smallest absolute Gasteiger partial charge is 0.220 e. The largest absolute Gasteiger partial charge is 0.376 e. The van der Waals surface area contributed by atoms with Crippen molar-refractivity contribution in [3.63, 3.8) is 0 Å². The first-order valence-corrected chi connectivity index (χ1v) is 7.30. The van der Waals surface area contributed by atoms with E-state index in [1.165, 1.54) is 12.8 Å². The predicted octanol–water partition coefficient (Wildman–Crippen LogP) is 1.46. The standard InChI is InChI=1S/C14H25N2O2/c1-11(13-5-3-9-18-13)16-14(17)7-6-12-4-2-8-15-10-12/h11-13H,2-10H2,1H3,(H,16,17). The van der Waals surface area contributed by atoms with Crippen molar-refractivity contribution in [3.05, 3.63) is 0 Å². The fourth-order valence-electron chi connectivity index (χ4n) is 2.84. The molecule has 1 N–H and O–H groups in total. The van der Waals surface area contributed by atoms with Crippen LogP contribution >= 0.6 is 0 Å². The summed E-state index contributed by atoms with van der Waals surface area (Å²) in [6, 6.07) is 0.149. The lowest BCUT2D eigenvalue weighted by Gasteiger charge is -2.23. The van der Waals surface area contributed by atoms with Crippen LogP contribution in [0.1, 0.15) is 45.4 Å². The van der Waals surface area contributed by atoms with Crippen LogP contribution in [0.5, 0.6) is 0 Å². The molecule has 2 fully saturated rings. The van der Waals surface area contributed by atoms with E-state index in [1.807, 2.05) is 6.92 Å². The summed E-state index contributed by atoms with van der Waals surface area (Å²) in [6.45, 7) is 4.85. The van der Waals surface area contributed by atoms with Crippen LogP contribution in [0.15, 0.2) is 0 Å². The third-order valence-electron chi connectivity index (χ3n) is 4.01. The number of rotatable bonds is 5. The number of carbonyl (C=O) groups is 1. The number of ether oxygens (including phenoxy) is 1. The van der Waals surface area contributed by atoms with Gasteiger partial charge in [0.1, 0.15) is 0 Å². The highest BCUT2D eigenvalue weighted by atomic mass is 16.5. The number of nitrogens with zero attached hydrogens (tertiary/aromatic N) is 1. The first-order chi connectivity index (χ1) is 8.75. The van der Waals surface area contributed by atoms with Gasteiger partial charge in [0.25, 0.3) is 0 Å². The van der Waals surface area contributed by atoms with Gasteiger partial charge >= 0.3 is 0 Å². The summed E-state index contributed by atoms with van der Waals surface area (Å²) in [6.07, 6.45) is 6.46. The van der Waals surface area contributed by atoms with Gasteiger partial charge in [0.05, 0.1) is 12.1 Å². The van der Waals surface area contributed by atoms with E-state index in [9.17, 15) is 4.79 Å². The molecule has 0 aliphatic carbocycles. The Labute approximate surface area is 110 Å². The molecule has 3 unspecified atom stereocenters. The number of nitrogens with one attached hydrogen (secondary N) is 1. The van der Waals surface area contributed by atoms with Gasteiger partial charge in [-0.1, -0.05) is 0 Å². The molecule has 0 saturated carbocycles. The van der Waals surface area contributed by atoms with E-state index in [1.54, 1.807) is 0 Å². The number of piperidine rings is 1. The van der Waals surface area contributed by atoms with Gasteiger partial charge < -0.3 is 10.1 Å². The van der Waals surface area contributed by atoms with Crippen molar-refractivity contribution >= 4 is 5.91 Å². The third-order valence-corrected chi connectivity index (χ3v) is 4.01. The first-order valence-electron chi connectivity index (χ1n) is 7.30. The van der Waals surface area contributed by atoms with Crippen LogP contribution < -0.4 is 10.6 Å². The van der Waals surface area contributed by atoms with Crippen LogP contribution in [0.4, 0.5) is 0 Å². The fraction of sp³-hybridized carbons (Fsp3) is 0.929. The minimum absolute atomic E-state index is 0.149. The van der Waals surface area contributed by atoms with E-state index in [-0.39, 0.29) is 18.1 Å². The molecule has 2 aliphatic heterocycles. The Balaban J connectivity index is 1.61. The molecule has 0 aromatic rings. The second-order valence-electron chi connectivity index (χ2n) is 5.58. The maximum atomic E-state index is 11.9. The molecule has 2 aliphatic rings. The quantitative estimate of drug-likeness (QED) is 0.806. The van der Waals surface area contributed by atoms with Gasteiger partial charge in [-0.2, -0.15) is 0 Å². The zero-order valence-electron chi connectivity index (χ0n) is 11.4. The molecule has 0 bridgehead atoms. The summed E-state index contributed by atoms with van der Waals surface area (Å²) in [5.41, 5.74) is 0. The minimum atomic E-state index is 0.149. The summed E-state index contributed by atoms with van der Waals surface area (Å²) in [4.78, 5) is 11.9. The highest BCUT2D eigenvalue weighted by Gasteiger charge is 2.24. The maximum Gasteiger partial charge on any atom is 0.220 e. The molecule has 4 heteroatoms. The van der Waals surface area contributed by atoms with Crippen LogP contribution in [-0.2, 0) is 9.53 Å². The highest BCUT2D eigenvalue weighted by Crippen LogP contribution is 2.18. The Morgan fingerprint density at radius 1 is 1.44 bits per heavy atom. The van der Waals surface area contributed by atoms with E-state index >= 15 is 0 Å². The molecule has 103 valence electrons. The maximum absolute atomic E-state index is 11.9. The molecule has 18 heavy (non-hydrogen) atoms. The van der Waals surface area contributed by atoms with Crippen LogP contribution in [0.25, 0.3) is 0 Å². The van der Waals surface area contributed by atoms with Crippen molar-refractivity contribution in [1.82, 2.24) is 10.6 Å². The zero-order chi connectivity index (χ0) is 12.8. The number of carbonyl (C=O) groups excluding carboxylic acids is 1. The number of amides is 1. The Kier molecular flexibility index (Phi) is 5.45. The molecule has 0 spiro atoms. The lowest BCUT2D eigenvalue weighted by atomic mass is 9.94. The summed E-state index contributed by atoms with van der Waals surface area (Å²) in [5, 5.41) is 7.48. The van der Waals surface area contributed by atoms with Crippen molar-refractivity contribution in [2.45, 2.75) is 57.6 Å². The molecule has 2 saturated heterocycles. The molecule has 0 aromatic heterocycles. The Morgan fingerprint density at radius 2 is 2.33 bits per heavy atom. The summed E-state index contributed by atoms with van der Waals surface area (Å²) >= 11 is 0. The predicted molar refractivity (Wildman–Crippen MR) is 70.4 cm³/mol. The normalized spacial score (nSPS) is 30.1. The Bertz CT molecular complexity index is 259. The van der Waals surface area contributed by atoms with E-state index in [0.717, 1.165) is 39.0 Å². The number of hydrogen-bond donors (Lipinski definition) is 1. The minimum Gasteiger partial charge on any atom is -0.376 e. The van der Waals surface area contributed by atoms with Gasteiger partial charge in [-0.25, -0.2) is 5.32 Å². The molecular weight excluding hydrogens is 228 g/mol. The van der Waals surface area contributed by atoms with Gasteiger partial charge in [-0.05, 0) is 44.9 Å². The summed E-state index contributed by atoms with van der Waals surface area (Å²) in [5.74, 6) is 0.797. The molecule has 4 nitrogen and oxygen atoms in total. The van der Waals surface area contributed by atoms with Crippen molar-refractivity contribution in [2.75, 3.05) is 19.7 Å². The lowest BCUT2D eigenvalue weighted by Crippen LogP contribution is -2.41. The molecule has 0 aromatic carbocycles. The van der Waals surface area contributed by atoms with Crippen molar-refractivity contribution in [3.8, 4) is 0 Å². The van der Waals surface area contributed by atoms with Crippen molar-refractivity contribution in [2.24, 2.45) is 5.92 Å². The molecule has 2 heterocycles. The topological polar surface area (TPSA) is 52.4 Å². The van der Waals surface area contributed by atoms with Crippen LogP contribution in [-0.4, -0.2) is 37.7 Å². The van der Waals surface area contributed by atoms with Crippen molar-refractivity contribution in [1.29, 1.82) is 0 Å². The number of hydrogen-bond acceptors (Lipinski definition) is 2. The van der Waals surface area contributed by atoms with Gasteiger partial charge in [0.15, 0.2) is 0 Å². The van der Waals surface area contributed by atoms with Crippen LogP contribution in [0.2, 0.25) is 0 Å².